The summed E-state index contributed by atoms with van der Waals surface area (Å²) in [6, 6.07) is 0.523. The maximum absolute atomic E-state index is 5.18. The van der Waals surface area contributed by atoms with Crippen LogP contribution in [0.5, 0.6) is 0 Å². The Kier molecular flexibility index (Phi) is 5.14. The van der Waals surface area contributed by atoms with Gasteiger partial charge in [-0.2, -0.15) is 0 Å². The number of hydrogen-bond acceptors (Lipinski definition) is 5. The zero-order valence-electron chi connectivity index (χ0n) is 9.78. The van der Waals surface area contributed by atoms with Crippen molar-refractivity contribution in [2.75, 3.05) is 13.7 Å². The van der Waals surface area contributed by atoms with Crippen LogP contribution in [0, 0.1) is 0 Å². The molecule has 0 fully saturated rings. The first-order valence-electron chi connectivity index (χ1n) is 5.22. The minimum absolute atomic E-state index is 0.0503. The van der Waals surface area contributed by atoms with Crippen LogP contribution in [0.25, 0.3) is 0 Å². The van der Waals surface area contributed by atoms with Gasteiger partial charge in [0.25, 0.3) is 0 Å². The van der Waals surface area contributed by atoms with Crippen molar-refractivity contribution in [2.45, 2.75) is 39.3 Å². The predicted octanol–water partition coefficient (Wildman–Crippen LogP) is 1.79. The average molecular weight is 229 g/mol. The highest BCUT2D eigenvalue weighted by atomic mass is 32.1. The van der Waals surface area contributed by atoms with Crippen molar-refractivity contribution in [3.05, 3.63) is 10.0 Å². The Morgan fingerprint density at radius 3 is 2.67 bits per heavy atom. The Morgan fingerprint density at radius 2 is 2.07 bits per heavy atom. The van der Waals surface area contributed by atoms with Crippen LogP contribution in [-0.4, -0.2) is 29.9 Å². The normalized spacial score (nSPS) is 13.4. The molecule has 0 spiro atoms. The molecule has 0 aromatic carbocycles. The van der Waals surface area contributed by atoms with E-state index in [1.165, 1.54) is 0 Å². The molecule has 0 radical (unpaired) electrons. The molecule has 1 heterocycles. The SMILES string of the molecule is COC(C)c1nnc(CCNC(C)C)s1. The maximum atomic E-state index is 5.18. The zero-order valence-corrected chi connectivity index (χ0v) is 10.6. The molecule has 15 heavy (non-hydrogen) atoms. The topological polar surface area (TPSA) is 47.0 Å². The molecular formula is C10H19N3OS. The maximum Gasteiger partial charge on any atom is 0.146 e. The van der Waals surface area contributed by atoms with Gasteiger partial charge >= 0.3 is 0 Å². The van der Waals surface area contributed by atoms with Crippen molar-refractivity contribution >= 4 is 11.3 Å². The van der Waals surface area contributed by atoms with Crippen LogP contribution in [0.2, 0.25) is 0 Å². The highest BCUT2D eigenvalue weighted by Crippen LogP contribution is 2.19. The first-order valence-corrected chi connectivity index (χ1v) is 6.03. The second-order valence-corrected chi connectivity index (χ2v) is 4.86. The third-order valence-electron chi connectivity index (χ3n) is 2.08. The Labute approximate surface area is 95.1 Å². The van der Waals surface area contributed by atoms with Crippen molar-refractivity contribution in [2.24, 2.45) is 0 Å². The molecule has 1 rings (SSSR count). The van der Waals surface area contributed by atoms with E-state index in [2.05, 4.69) is 29.4 Å². The van der Waals surface area contributed by atoms with E-state index in [1.54, 1.807) is 18.4 Å². The van der Waals surface area contributed by atoms with Gasteiger partial charge in [-0.1, -0.05) is 25.2 Å². The van der Waals surface area contributed by atoms with Gasteiger partial charge in [0, 0.05) is 26.1 Å². The van der Waals surface area contributed by atoms with Gasteiger partial charge in [-0.3, -0.25) is 0 Å². The Hall–Kier alpha value is -0.520. The van der Waals surface area contributed by atoms with E-state index in [9.17, 15) is 0 Å². The van der Waals surface area contributed by atoms with Crippen LogP contribution in [0.15, 0.2) is 0 Å². The standard InChI is InChI=1S/C10H19N3OS/c1-7(2)11-6-5-9-12-13-10(15-9)8(3)14-4/h7-8,11H,5-6H2,1-4H3. The van der Waals surface area contributed by atoms with Gasteiger partial charge in [0.05, 0.1) is 0 Å². The van der Waals surface area contributed by atoms with Gasteiger partial charge in [0.2, 0.25) is 0 Å². The summed E-state index contributed by atoms with van der Waals surface area (Å²) in [7, 11) is 1.69. The Balaban J connectivity index is 2.39. The van der Waals surface area contributed by atoms with Crippen molar-refractivity contribution in [3.8, 4) is 0 Å². The molecule has 0 saturated carbocycles. The van der Waals surface area contributed by atoms with Gasteiger partial charge in [0.1, 0.15) is 16.1 Å². The Bertz CT molecular complexity index is 288. The summed E-state index contributed by atoms with van der Waals surface area (Å²) >= 11 is 1.63. The van der Waals surface area contributed by atoms with Crippen LogP contribution in [0.3, 0.4) is 0 Å². The number of methoxy groups -OCH3 is 1. The first-order chi connectivity index (χ1) is 7.13. The van der Waals surface area contributed by atoms with Crippen molar-refractivity contribution < 1.29 is 4.74 Å². The van der Waals surface area contributed by atoms with Gasteiger partial charge in [-0.05, 0) is 6.92 Å². The van der Waals surface area contributed by atoms with Gasteiger partial charge < -0.3 is 10.1 Å². The summed E-state index contributed by atoms with van der Waals surface area (Å²) in [6.07, 6.45) is 0.987. The lowest BCUT2D eigenvalue weighted by atomic mass is 10.3. The summed E-state index contributed by atoms with van der Waals surface area (Å²) in [4.78, 5) is 0. The second-order valence-electron chi connectivity index (χ2n) is 3.77. The third kappa shape index (κ3) is 4.24. The lowest BCUT2D eigenvalue weighted by Crippen LogP contribution is -2.24. The summed E-state index contributed by atoms with van der Waals surface area (Å²) in [6.45, 7) is 7.21. The van der Waals surface area contributed by atoms with Crippen molar-refractivity contribution in [1.82, 2.24) is 15.5 Å². The fraction of sp³-hybridized carbons (Fsp3) is 0.800. The van der Waals surface area contributed by atoms with Gasteiger partial charge in [-0.25, -0.2) is 0 Å². The van der Waals surface area contributed by atoms with Crippen LogP contribution >= 0.6 is 11.3 Å². The average Bonchev–Trinajstić information content (AvgIpc) is 2.65. The molecule has 0 amide bonds. The number of ether oxygens (including phenoxy) is 1. The van der Waals surface area contributed by atoms with E-state index < -0.39 is 0 Å². The number of nitrogens with one attached hydrogen (secondary N) is 1. The lowest BCUT2D eigenvalue weighted by molar-refractivity contribution is 0.118. The van der Waals surface area contributed by atoms with Gasteiger partial charge in [-0.15, -0.1) is 10.2 Å². The molecule has 1 unspecified atom stereocenters. The van der Waals surface area contributed by atoms with E-state index >= 15 is 0 Å². The summed E-state index contributed by atoms with van der Waals surface area (Å²) in [5, 5.41) is 13.6. The number of aromatic nitrogens is 2. The molecule has 0 aliphatic carbocycles. The summed E-state index contributed by atoms with van der Waals surface area (Å²) < 4.78 is 5.18. The monoisotopic (exact) mass is 229 g/mol. The van der Waals surface area contributed by atoms with E-state index in [0.29, 0.717) is 6.04 Å². The van der Waals surface area contributed by atoms with E-state index in [1.807, 2.05) is 6.92 Å². The third-order valence-corrected chi connectivity index (χ3v) is 3.22. The zero-order chi connectivity index (χ0) is 11.3. The molecule has 0 saturated heterocycles. The van der Waals surface area contributed by atoms with Gasteiger partial charge in [0.15, 0.2) is 0 Å². The summed E-state index contributed by atoms with van der Waals surface area (Å²) in [5.74, 6) is 0. The molecule has 0 aliphatic rings. The number of hydrogen-bond donors (Lipinski definition) is 1. The molecule has 4 nitrogen and oxygen atoms in total. The molecular weight excluding hydrogens is 210 g/mol. The largest absolute Gasteiger partial charge is 0.374 e. The van der Waals surface area contributed by atoms with Crippen molar-refractivity contribution in [3.63, 3.8) is 0 Å². The molecule has 1 atom stereocenters. The molecule has 0 aliphatic heterocycles. The molecule has 5 heteroatoms. The predicted molar refractivity (Wildman–Crippen MR) is 62.2 cm³/mol. The molecule has 0 bridgehead atoms. The van der Waals surface area contributed by atoms with Crippen LogP contribution in [0.4, 0.5) is 0 Å². The smallest absolute Gasteiger partial charge is 0.146 e. The van der Waals surface area contributed by atoms with Crippen LogP contribution in [0.1, 0.15) is 36.9 Å². The minimum Gasteiger partial charge on any atom is -0.374 e. The van der Waals surface area contributed by atoms with E-state index in [-0.39, 0.29) is 6.10 Å². The fourth-order valence-corrected chi connectivity index (χ4v) is 1.97. The van der Waals surface area contributed by atoms with Crippen LogP contribution in [-0.2, 0) is 11.2 Å². The number of rotatable bonds is 6. The van der Waals surface area contributed by atoms with Crippen molar-refractivity contribution in [1.29, 1.82) is 0 Å². The van der Waals surface area contributed by atoms with E-state index in [4.69, 9.17) is 4.74 Å². The molecule has 1 N–H and O–H groups in total. The minimum atomic E-state index is 0.0503. The fourth-order valence-electron chi connectivity index (χ4n) is 1.10. The summed E-state index contributed by atoms with van der Waals surface area (Å²) in [5.41, 5.74) is 0. The molecule has 1 aromatic rings. The number of nitrogens with zero attached hydrogens (tertiary/aromatic N) is 2. The lowest BCUT2D eigenvalue weighted by Gasteiger charge is -2.05. The van der Waals surface area contributed by atoms with Crippen LogP contribution < -0.4 is 5.32 Å². The second kappa shape index (κ2) is 6.15. The molecule has 1 aromatic heterocycles. The molecule has 86 valence electrons. The Morgan fingerprint density at radius 1 is 1.33 bits per heavy atom. The quantitative estimate of drug-likeness (QED) is 0.808. The van der Waals surface area contributed by atoms with E-state index in [0.717, 1.165) is 23.0 Å². The first kappa shape index (κ1) is 12.5. The highest BCUT2D eigenvalue weighted by molar-refractivity contribution is 7.11. The highest BCUT2D eigenvalue weighted by Gasteiger charge is 2.10.